The molecule has 0 heterocycles. The molecule has 0 aliphatic heterocycles. The van der Waals surface area contributed by atoms with Gasteiger partial charge in [-0.1, -0.05) is 25.1 Å². The zero-order valence-corrected chi connectivity index (χ0v) is 9.75. The number of amides is 1. The molecule has 0 spiro atoms. The maximum atomic E-state index is 11.1. The molecule has 1 aromatic carbocycles. The fourth-order valence-electron chi connectivity index (χ4n) is 1.27. The van der Waals surface area contributed by atoms with E-state index in [4.69, 9.17) is 4.74 Å². The molecule has 0 atom stereocenters. The Kier molecular flexibility index (Phi) is 5.36. The molecule has 4 nitrogen and oxygen atoms in total. The molecule has 0 aliphatic rings. The zero-order valence-electron chi connectivity index (χ0n) is 9.75. The molecule has 0 unspecified atom stereocenters. The SMILES string of the molecule is CCNCc1ccccc1OCC(=O)NC. The van der Waals surface area contributed by atoms with E-state index in [0.717, 1.165) is 24.4 Å². The Morgan fingerprint density at radius 3 is 2.81 bits per heavy atom. The Morgan fingerprint density at radius 2 is 2.12 bits per heavy atom. The van der Waals surface area contributed by atoms with Crippen LogP contribution in [0.25, 0.3) is 0 Å². The fourth-order valence-corrected chi connectivity index (χ4v) is 1.27. The summed E-state index contributed by atoms with van der Waals surface area (Å²) < 4.78 is 5.43. The number of ether oxygens (including phenoxy) is 1. The second kappa shape index (κ2) is 6.85. The molecule has 1 amide bonds. The van der Waals surface area contributed by atoms with Crippen molar-refractivity contribution in [2.75, 3.05) is 20.2 Å². The molecule has 0 fully saturated rings. The molecule has 1 aromatic rings. The van der Waals surface area contributed by atoms with Gasteiger partial charge in [0.1, 0.15) is 5.75 Å². The number of carbonyl (C=O) groups excluding carboxylic acids is 1. The van der Waals surface area contributed by atoms with E-state index in [1.807, 2.05) is 31.2 Å². The van der Waals surface area contributed by atoms with Crippen molar-refractivity contribution in [2.45, 2.75) is 13.5 Å². The third kappa shape index (κ3) is 3.90. The minimum Gasteiger partial charge on any atom is -0.483 e. The minimum atomic E-state index is -0.127. The van der Waals surface area contributed by atoms with Crippen molar-refractivity contribution in [3.8, 4) is 5.75 Å². The summed E-state index contributed by atoms with van der Waals surface area (Å²) >= 11 is 0. The van der Waals surface area contributed by atoms with Crippen LogP contribution in [0.5, 0.6) is 5.75 Å². The molecular weight excluding hydrogens is 204 g/mol. The average Bonchev–Trinajstić information content (AvgIpc) is 2.34. The van der Waals surface area contributed by atoms with E-state index >= 15 is 0 Å². The van der Waals surface area contributed by atoms with Crippen LogP contribution in [-0.2, 0) is 11.3 Å². The first-order valence-electron chi connectivity index (χ1n) is 5.40. The van der Waals surface area contributed by atoms with Crippen LogP contribution < -0.4 is 15.4 Å². The van der Waals surface area contributed by atoms with Crippen molar-refractivity contribution in [3.05, 3.63) is 29.8 Å². The quantitative estimate of drug-likeness (QED) is 0.752. The van der Waals surface area contributed by atoms with Crippen LogP contribution >= 0.6 is 0 Å². The fraction of sp³-hybridized carbons (Fsp3) is 0.417. The van der Waals surface area contributed by atoms with E-state index in [0.29, 0.717) is 0 Å². The Balaban J connectivity index is 2.59. The van der Waals surface area contributed by atoms with Gasteiger partial charge in [0.15, 0.2) is 6.61 Å². The van der Waals surface area contributed by atoms with Gasteiger partial charge in [-0.25, -0.2) is 0 Å². The summed E-state index contributed by atoms with van der Waals surface area (Å²) in [7, 11) is 1.59. The number of nitrogens with one attached hydrogen (secondary N) is 2. The van der Waals surface area contributed by atoms with Crippen LogP contribution in [0, 0.1) is 0 Å². The van der Waals surface area contributed by atoms with Crippen molar-refractivity contribution >= 4 is 5.91 Å². The smallest absolute Gasteiger partial charge is 0.257 e. The van der Waals surface area contributed by atoms with Gasteiger partial charge in [0.25, 0.3) is 5.91 Å². The molecule has 4 heteroatoms. The normalized spacial score (nSPS) is 9.88. The highest BCUT2D eigenvalue weighted by molar-refractivity contribution is 5.77. The number of carbonyl (C=O) groups is 1. The van der Waals surface area contributed by atoms with Gasteiger partial charge in [-0.2, -0.15) is 0 Å². The van der Waals surface area contributed by atoms with Crippen molar-refractivity contribution in [2.24, 2.45) is 0 Å². The number of hydrogen-bond donors (Lipinski definition) is 2. The topological polar surface area (TPSA) is 50.4 Å². The lowest BCUT2D eigenvalue weighted by molar-refractivity contribution is -0.122. The molecule has 0 aliphatic carbocycles. The van der Waals surface area contributed by atoms with E-state index in [1.54, 1.807) is 7.05 Å². The van der Waals surface area contributed by atoms with Gasteiger partial charge in [-0.05, 0) is 12.6 Å². The first-order chi connectivity index (χ1) is 7.77. The molecule has 88 valence electrons. The lowest BCUT2D eigenvalue weighted by Gasteiger charge is -2.10. The van der Waals surface area contributed by atoms with Gasteiger partial charge >= 0.3 is 0 Å². The summed E-state index contributed by atoms with van der Waals surface area (Å²) in [5.74, 6) is 0.630. The Morgan fingerprint density at radius 1 is 1.38 bits per heavy atom. The predicted octanol–water partition coefficient (Wildman–Crippen LogP) is 0.921. The van der Waals surface area contributed by atoms with Crippen molar-refractivity contribution in [1.82, 2.24) is 10.6 Å². The lowest BCUT2D eigenvalue weighted by atomic mass is 10.2. The van der Waals surface area contributed by atoms with Crippen LogP contribution in [-0.4, -0.2) is 26.1 Å². The lowest BCUT2D eigenvalue weighted by Crippen LogP contribution is -2.25. The van der Waals surface area contributed by atoms with Crippen molar-refractivity contribution < 1.29 is 9.53 Å². The highest BCUT2D eigenvalue weighted by Crippen LogP contribution is 2.17. The van der Waals surface area contributed by atoms with E-state index in [9.17, 15) is 4.79 Å². The van der Waals surface area contributed by atoms with Gasteiger partial charge in [0.2, 0.25) is 0 Å². The van der Waals surface area contributed by atoms with Crippen LogP contribution in [0.4, 0.5) is 0 Å². The third-order valence-electron chi connectivity index (χ3n) is 2.18. The van der Waals surface area contributed by atoms with Crippen LogP contribution in [0.2, 0.25) is 0 Å². The summed E-state index contributed by atoms with van der Waals surface area (Å²) in [4.78, 5) is 11.1. The van der Waals surface area contributed by atoms with Crippen LogP contribution in [0.3, 0.4) is 0 Å². The molecular formula is C12H18N2O2. The summed E-state index contributed by atoms with van der Waals surface area (Å²) in [6.07, 6.45) is 0. The Labute approximate surface area is 96.0 Å². The second-order valence-electron chi connectivity index (χ2n) is 3.35. The molecule has 0 radical (unpaired) electrons. The first kappa shape index (κ1) is 12.5. The highest BCUT2D eigenvalue weighted by atomic mass is 16.5. The maximum Gasteiger partial charge on any atom is 0.257 e. The van der Waals surface area contributed by atoms with Gasteiger partial charge < -0.3 is 15.4 Å². The van der Waals surface area contributed by atoms with E-state index in [1.165, 1.54) is 0 Å². The van der Waals surface area contributed by atoms with Crippen LogP contribution in [0.15, 0.2) is 24.3 Å². The average molecular weight is 222 g/mol. The standard InChI is InChI=1S/C12H18N2O2/c1-3-14-8-10-6-4-5-7-11(10)16-9-12(15)13-2/h4-7,14H,3,8-9H2,1-2H3,(H,13,15). The Bertz CT molecular complexity index is 340. The van der Waals surface area contributed by atoms with Gasteiger partial charge in [-0.15, -0.1) is 0 Å². The number of rotatable bonds is 6. The molecule has 0 bridgehead atoms. The monoisotopic (exact) mass is 222 g/mol. The zero-order chi connectivity index (χ0) is 11.8. The molecule has 1 rings (SSSR count). The molecule has 0 aromatic heterocycles. The summed E-state index contributed by atoms with van der Waals surface area (Å²) in [6.45, 7) is 3.76. The largest absolute Gasteiger partial charge is 0.483 e. The third-order valence-corrected chi connectivity index (χ3v) is 2.18. The number of benzene rings is 1. The van der Waals surface area contributed by atoms with E-state index in [2.05, 4.69) is 10.6 Å². The van der Waals surface area contributed by atoms with E-state index < -0.39 is 0 Å². The number of likely N-dealkylation sites (N-methyl/N-ethyl adjacent to an activating group) is 1. The minimum absolute atomic E-state index is 0.0552. The van der Waals surface area contributed by atoms with Crippen molar-refractivity contribution in [1.29, 1.82) is 0 Å². The molecule has 0 saturated heterocycles. The summed E-state index contributed by atoms with van der Waals surface area (Å²) in [6, 6.07) is 7.71. The van der Waals surface area contributed by atoms with E-state index in [-0.39, 0.29) is 12.5 Å². The Hall–Kier alpha value is -1.55. The van der Waals surface area contributed by atoms with Gasteiger partial charge in [0.05, 0.1) is 0 Å². The van der Waals surface area contributed by atoms with Crippen LogP contribution in [0.1, 0.15) is 12.5 Å². The summed E-state index contributed by atoms with van der Waals surface area (Å²) in [5.41, 5.74) is 1.06. The first-order valence-corrected chi connectivity index (χ1v) is 5.40. The highest BCUT2D eigenvalue weighted by Gasteiger charge is 2.04. The van der Waals surface area contributed by atoms with Crippen molar-refractivity contribution in [3.63, 3.8) is 0 Å². The number of hydrogen-bond acceptors (Lipinski definition) is 3. The molecule has 16 heavy (non-hydrogen) atoms. The summed E-state index contributed by atoms with van der Waals surface area (Å²) in [5, 5.41) is 5.74. The predicted molar refractivity (Wildman–Crippen MR) is 63.4 cm³/mol. The number of para-hydroxylation sites is 1. The maximum absolute atomic E-state index is 11.1. The molecule has 0 saturated carbocycles. The van der Waals surface area contributed by atoms with Gasteiger partial charge in [-0.3, -0.25) is 4.79 Å². The second-order valence-corrected chi connectivity index (χ2v) is 3.35. The molecule has 2 N–H and O–H groups in total. The van der Waals surface area contributed by atoms with Gasteiger partial charge in [0, 0.05) is 19.2 Å².